The van der Waals surface area contributed by atoms with E-state index in [4.69, 9.17) is 0 Å². The van der Waals surface area contributed by atoms with Gasteiger partial charge >= 0.3 is 0 Å². The number of Topliss-reactive ketones (excluding diaryl/α,β-unsaturated/α-hetero) is 1. The largest absolute Gasteiger partial charge is 0.511 e. The summed E-state index contributed by atoms with van der Waals surface area (Å²) in [5, 5.41) is 9.26. The standard InChI is InChI=1S/C8H12O2/c1-4-5-6(9)8(2,3)7(5)10/h9H,4H2,1-3H3. The number of aliphatic hydroxyl groups is 1. The van der Waals surface area contributed by atoms with Crippen LogP contribution in [0.3, 0.4) is 0 Å². The quantitative estimate of drug-likeness (QED) is 0.603. The molecule has 0 fully saturated rings. The maximum atomic E-state index is 11.1. The van der Waals surface area contributed by atoms with Gasteiger partial charge in [-0.1, -0.05) is 6.92 Å². The lowest BCUT2D eigenvalue weighted by molar-refractivity contribution is -0.127. The second-order valence-corrected chi connectivity index (χ2v) is 3.13. The molecule has 2 heteroatoms. The van der Waals surface area contributed by atoms with E-state index in [2.05, 4.69) is 0 Å². The van der Waals surface area contributed by atoms with Gasteiger partial charge in [0.15, 0.2) is 5.78 Å². The fraction of sp³-hybridized carbons (Fsp3) is 0.625. The molecule has 10 heavy (non-hydrogen) atoms. The molecule has 1 N–H and O–H groups in total. The van der Waals surface area contributed by atoms with Crippen LogP contribution in [-0.2, 0) is 4.79 Å². The van der Waals surface area contributed by atoms with Crippen molar-refractivity contribution in [1.29, 1.82) is 0 Å². The van der Waals surface area contributed by atoms with Gasteiger partial charge in [-0.05, 0) is 20.3 Å². The van der Waals surface area contributed by atoms with Crippen LogP contribution in [0.15, 0.2) is 11.3 Å². The summed E-state index contributed by atoms with van der Waals surface area (Å²) in [6.45, 7) is 5.35. The Balaban J connectivity index is 2.99. The lowest BCUT2D eigenvalue weighted by Crippen LogP contribution is -2.39. The summed E-state index contributed by atoms with van der Waals surface area (Å²) in [7, 11) is 0. The molecule has 0 aromatic rings. The molecule has 0 amide bonds. The van der Waals surface area contributed by atoms with E-state index in [1.165, 1.54) is 0 Å². The minimum Gasteiger partial charge on any atom is -0.511 e. The first-order valence-electron chi connectivity index (χ1n) is 3.49. The van der Waals surface area contributed by atoms with E-state index >= 15 is 0 Å². The SMILES string of the molecule is CCC1=C(O)C(C)(C)C1=O. The third kappa shape index (κ3) is 0.618. The van der Waals surface area contributed by atoms with E-state index in [1.54, 1.807) is 13.8 Å². The zero-order valence-electron chi connectivity index (χ0n) is 6.56. The first-order chi connectivity index (χ1) is 4.51. The number of carbonyl (C=O) groups excluding carboxylic acids is 1. The highest BCUT2D eigenvalue weighted by Crippen LogP contribution is 2.41. The molecule has 0 spiro atoms. The minimum absolute atomic E-state index is 0.0903. The van der Waals surface area contributed by atoms with Gasteiger partial charge in [0.1, 0.15) is 5.76 Å². The van der Waals surface area contributed by atoms with Crippen molar-refractivity contribution in [3.63, 3.8) is 0 Å². The average Bonchev–Trinajstić information content (AvgIpc) is 1.89. The van der Waals surface area contributed by atoms with E-state index in [1.807, 2.05) is 6.92 Å². The highest BCUT2D eigenvalue weighted by Gasteiger charge is 2.45. The molecular formula is C8H12O2. The maximum absolute atomic E-state index is 11.1. The fourth-order valence-electron chi connectivity index (χ4n) is 1.24. The van der Waals surface area contributed by atoms with Gasteiger partial charge in [0.05, 0.1) is 5.41 Å². The Morgan fingerprint density at radius 3 is 2.20 bits per heavy atom. The molecule has 0 aromatic heterocycles. The van der Waals surface area contributed by atoms with Gasteiger partial charge in [0, 0.05) is 5.57 Å². The summed E-state index contributed by atoms with van der Waals surface area (Å²) in [6, 6.07) is 0. The molecule has 0 saturated heterocycles. The van der Waals surface area contributed by atoms with Crippen molar-refractivity contribution in [3.8, 4) is 0 Å². The van der Waals surface area contributed by atoms with Crippen molar-refractivity contribution in [2.24, 2.45) is 5.41 Å². The van der Waals surface area contributed by atoms with Crippen LogP contribution < -0.4 is 0 Å². The topological polar surface area (TPSA) is 37.3 Å². The fourth-order valence-corrected chi connectivity index (χ4v) is 1.24. The van der Waals surface area contributed by atoms with Crippen molar-refractivity contribution in [2.45, 2.75) is 27.2 Å². The Morgan fingerprint density at radius 1 is 1.50 bits per heavy atom. The summed E-state index contributed by atoms with van der Waals surface area (Å²) in [5.74, 6) is 0.368. The molecule has 0 aliphatic heterocycles. The van der Waals surface area contributed by atoms with E-state index in [-0.39, 0.29) is 11.5 Å². The van der Waals surface area contributed by atoms with Crippen LogP contribution in [0.2, 0.25) is 0 Å². The molecule has 0 atom stereocenters. The zero-order chi connectivity index (χ0) is 7.94. The highest BCUT2D eigenvalue weighted by molar-refractivity contribution is 6.08. The number of rotatable bonds is 1. The zero-order valence-corrected chi connectivity index (χ0v) is 6.56. The molecule has 0 radical (unpaired) electrons. The van der Waals surface area contributed by atoms with Gasteiger partial charge in [-0.3, -0.25) is 4.79 Å². The third-order valence-corrected chi connectivity index (χ3v) is 2.07. The summed E-state index contributed by atoms with van der Waals surface area (Å²) >= 11 is 0. The number of allylic oxidation sites excluding steroid dienone is 2. The van der Waals surface area contributed by atoms with Gasteiger partial charge in [-0.25, -0.2) is 0 Å². The van der Waals surface area contributed by atoms with Crippen molar-refractivity contribution < 1.29 is 9.90 Å². The number of aliphatic hydroxyl groups excluding tert-OH is 1. The van der Waals surface area contributed by atoms with Crippen LogP contribution in [0, 0.1) is 5.41 Å². The Bertz CT molecular complexity index is 211. The summed E-state index contributed by atoms with van der Waals surface area (Å²) < 4.78 is 0. The Labute approximate surface area is 60.6 Å². The molecule has 0 heterocycles. The van der Waals surface area contributed by atoms with Crippen molar-refractivity contribution >= 4 is 5.78 Å². The van der Waals surface area contributed by atoms with Gasteiger partial charge in [-0.15, -0.1) is 0 Å². The van der Waals surface area contributed by atoms with Gasteiger partial charge < -0.3 is 5.11 Å². The first-order valence-corrected chi connectivity index (χ1v) is 3.49. The Morgan fingerprint density at radius 2 is 2.00 bits per heavy atom. The van der Waals surface area contributed by atoms with Crippen LogP contribution in [0.4, 0.5) is 0 Å². The van der Waals surface area contributed by atoms with Crippen LogP contribution in [-0.4, -0.2) is 10.9 Å². The van der Waals surface area contributed by atoms with Crippen LogP contribution in [0.1, 0.15) is 27.2 Å². The Kier molecular flexibility index (Phi) is 1.35. The molecule has 0 bridgehead atoms. The molecule has 0 aromatic carbocycles. The molecule has 0 unspecified atom stereocenters. The highest BCUT2D eigenvalue weighted by atomic mass is 16.3. The third-order valence-electron chi connectivity index (χ3n) is 2.07. The van der Waals surface area contributed by atoms with Crippen molar-refractivity contribution in [2.75, 3.05) is 0 Å². The molecule has 2 nitrogen and oxygen atoms in total. The minimum atomic E-state index is -0.592. The average molecular weight is 140 g/mol. The van der Waals surface area contributed by atoms with E-state index in [0.29, 0.717) is 12.0 Å². The summed E-state index contributed by atoms with van der Waals surface area (Å²) in [6.07, 6.45) is 0.647. The predicted octanol–water partition coefficient (Wildman–Crippen LogP) is 1.82. The van der Waals surface area contributed by atoms with Crippen molar-refractivity contribution in [3.05, 3.63) is 11.3 Å². The predicted molar refractivity (Wildman–Crippen MR) is 38.7 cm³/mol. The molecule has 1 aliphatic rings. The van der Waals surface area contributed by atoms with Crippen LogP contribution in [0.25, 0.3) is 0 Å². The lowest BCUT2D eigenvalue weighted by Gasteiger charge is -2.34. The lowest BCUT2D eigenvalue weighted by atomic mass is 9.70. The van der Waals surface area contributed by atoms with Gasteiger partial charge in [-0.2, -0.15) is 0 Å². The summed E-state index contributed by atoms with van der Waals surface area (Å²) in [4.78, 5) is 11.1. The monoisotopic (exact) mass is 140 g/mol. The summed E-state index contributed by atoms with van der Waals surface area (Å²) in [5.41, 5.74) is 0.00993. The second kappa shape index (κ2) is 1.84. The maximum Gasteiger partial charge on any atom is 0.175 e. The smallest absolute Gasteiger partial charge is 0.175 e. The molecule has 1 rings (SSSR count). The van der Waals surface area contributed by atoms with Gasteiger partial charge in [0.2, 0.25) is 0 Å². The second-order valence-electron chi connectivity index (χ2n) is 3.13. The first kappa shape index (κ1) is 7.32. The normalized spacial score (nSPS) is 22.9. The number of hydrogen-bond donors (Lipinski definition) is 1. The van der Waals surface area contributed by atoms with Gasteiger partial charge in [0.25, 0.3) is 0 Å². The number of hydrogen-bond acceptors (Lipinski definition) is 2. The number of ketones is 1. The molecule has 56 valence electrons. The van der Waals surface area contributed by atoms with E-state index in [9.17, 15) is 9.90 Å². The van der Waals surface area contributed by atoms with Crippen LogP contribution >= 0.6 is 0 Å². The van der Waals surface area contributed by atoms with Crippen molar-refractivity contribution in [1.82, 2.24) is 0 Å². The molecular weight excluding hydrogens is 128 g/mol. The van der Waals surface area contributed by atoms with E-state index in [0.717, 1.165) is 0 Å². The van der Waals surface area contributed by atoms with E-state index < -0.39 is 5.41 Å². The van der Waals surface area contributed by atoms with Crippen LogP contribution in [0.5, 0.6) is 0 Å². The Hall–Kier alpha value is -0.790. The number of carbonyl (C=O) groups is 1. The molecule has 0 saturated carbocycles. The molecule has 1 aliphatic carbocycles.